The quantitative estimate of drug-likeness (QED) is 0.530. The van der Waals surface area contributed by atoms with Crippen LogP contribution in [-0.4, -0.2) is 43.1 Å². The number of rotatable bonds is 4. The third kappa shape index (κ3) is 5.28. The van der Waals surface area contributed by atoms with E-state index in [4.69, 9.17) is 9.47 Å². The molecule has 6 heteroatoms. The molecule has 1 fully saturated rings. The molecule has 27 heavy (non-hydrogen) atoms. The predicted octanol–water partition coefficient (Wildman–Crippen LogP) is 4.48. The van der Waals surface area contributed by atoms with E-state index in [-0.39, 0.29) is 11.5 Å². The van der Waals surface area contributed by atoms with Gasteiger partial charge >= 0.3 is 6.09 Å². The second-order valence-electron chi connectivity index (χ2n) is 6.22. The molecule has 0 bridgehead atoms. The standard InChI is InChI=1S/C21H20BrNO4/c1-15-2-4-16(5-3-15)6-8-19(24)18-14-17(22)7-9-20(18)27-21(25)23-10-12-26-13-11-23/h2-9,14H,10-13H2,1H3/b8-6-. The van der Waals surface area contributed by atoms with E-state index < -0.39 is 6.09 Å². The number of hydrogen-bond donors (Lipinski definition) is 0. The Morgan fingerprint density at radius 2 is 1.81 bits per heavy atom. The monoisotopic (exact) mass is 429 g/mol. The van der Waals surface area contributed by atoms with Gasteiger partial charge in [0.1, 0.15) is 5.75 Å². The van der Waals surface area contributed by atoms with Crippen molar-refractivity contribution in [3.05, 3.63) is 69.7 Å². The van der Waals surface area contributed by atoms with Crippen molar-refractivity contribution in [1.82, 2.24) is 4.90 Å². The van der Waals surface area contributed by atoms with Crippen LogP contribution in [0.1, 0.15) is 21.5 Å². The number of benzene rings is 2. The molecule has 1 saturated heterocycles. The number of amides is 1. The van der Waals surface area contributed by atoms with Crippen LogP contribution in [0.3, 0.4) is 0 Å². The van der Waals surface area contributed by atoms with Gasteiger partial charge in [0.05, 0.1) is 18.8 Å². The number of ether oxygens (including phenoxy) is 2. The first kappa shape index (κ1) is 19.3. The topological polar surface area (TPSA) is 55.8 Å². The largest absolute Gasteiger partial charge is 0.415 e. The second kappa shape index (κ2) is 8.97. The van der Waals surface area contributed by atoms with Gasteiger partial charge in [0, 0.05) is 17.6 Å². The zero-order chi connectivity index (χ0) is 19.2. The van der Waals surface area contributed by atoms with Crippen LogP contribution in [-0.2, 0) is 4.74 Å². The molecule has 0 aliphatic carbocycles. The summed E-state index contributed by atoms with van der Waals surface area (Å²) in [5.41, 5.74) is 2.41. The molecule has 0 saturated carbocycles. The van der Waals surface area contributed by atoms with Gasteiger partial charge in [-0.15, -0.1) is 0 Å². The molecule has 3 rings (SSSR count). The maximum atomic E-state index is 12.7. The van der Waals surface area contributed by atoms with Crippen LogP contribution in [0.2, 0.25) is 0 Å². The number of allylic oxidation sites excluding steroid dienone is 1. The average molecular weight is 430 g/mol. The minimum atomic E-state index is -0.475. The summed E-state index contributed by atoms with van der Waals surface area (Å²) < 4.78 is 11.5. The lowest BCUT2D eigenvalue weighted by molar-refractivity contribution is 0.0415. The van der Waals surface area contributed by atoms with E-state index in [1.165, 1.54) is 6.08 Å². The maximum Gasteiger partial charge on any atom is 0.415 e. The number of morpholine rings is 1. The van der Waals surface area contributed by atoms with Crippen molar-refractivity contribution >= 4 is 33.9 Å². The third-order valence-electron chi connectivity index (χ3n) is 4.18. The van der Waals surface area contributed by atoms with E-state index in [0.717, 1.165) is 15.6 Å². The lowest BCUT2D eigenvalue weighted by Gasteiger charge is -2.26. The van der Waals surface area contributed by atoms with E-state index >= 15 is 0 Å². The number of nitrogens with zero attached hydrogens (tertiary/aromatic N) is 1. The smallest absolute Gasteiger partial charge is 0.409 e. The lowest BCUT2D eigenvalue weighted by atomic mass is 10.1. The van der Waals surface area contributed by atoms with Crippen molar-refractivity contribution < 1.29 is 19.1 Å². The van der Waals surface area contributed by atoms with Crippen LogP contribution in [0.15, 0.2) is 53.0 Å². The summed E-state index contributed by atoms with van der Waals surface area (Å²) >= 11 is 3.37. The Bertz CT molecular complexity index is 855. The fourth-order valence-electron chi connectivity index (χ4n) is 2.63. The Morgan fingerprint density at radius 3 is 2.52 bits per heavy atom. The Balaban J connectivity index is 1.77. The van der Waals surface area contributed by atoms with Crippen molar-refractivity contribution in [3.63, 3.8) is 0 Å². The highest BCUT2D eigenvalue weighted by Crippen LogP contribution is 2.25. The van der Waals surface area contributed by atoms with Crippen LogP contribution in [0.25, 0.3) is 6.08 Å². The van der Waals surface area contributed by atoms with Gasteiger partial charge in [-0.2, -0.15) is 0 Å². The molecule has 2 aromatic rings. The lowest BCUT2D eigenvalue weighted by Crippen LogP contribution is -2.42. The van der Waals surface area contributed by atoms with Gasteiger partial charge in [-0.3, -0.25) is 4.79 Å². The van der Waals surface area contributed by atoms with E-state index in [2.05, 4.69) is 15.9 Å². The van der Waals surface area contributed by atoms with Crippen LogP contribution in [0.5, 0.6) is 5.75 Å². The molecule has 0 unspecified atom stereocenters. The first-order valence-electron chi connectivity index (χ1n) is 8.66. The summed E-state index contributed by atoms with van der Waals surface area (Å²) in [4.78, 5) is 26.6. The normalized spacial score (nSPS) is 14.4. The molecule has 0 aromatic heterocycles. The molecule has 1 heterocycles. The number of aryl methyl sites for hydroxylation is 1. The highest BCUT2D eigenvalue weighted by atomic mass is 79.9. The SMILES string of the molecule is Cc1ccc(/C=C\C(=O)c2cc(Br)ccc2OC(=O)N2CCOCC2)cc1. The second-order valence-corrected chi connectivity index (χ2v) is 7.13. The molecule has 0 N–H and O–H groups in total. The van der Waals surface area contributed by atoms with Crippen molar-refractivity contribution in [2.45, 2.75) is 6.92 Å². The van der Waals surface area contributed by atoms with Crippen LogP contribution < -0.4 is 4.74 Å². The molecule has 1 aliphatic rings. The summed E-state index contributed by atoms with van der Waals surface area (Å²) in [6.45, 7) is 3.94. The average Bonchev–Trinajstić information content (AvgIpc) is 2.69. The van der Waals surface area contributed by atoms with E-state index in [1.54, 1.807) is 29.2 Å². The van der Waals surface area contributed by atoms with Gasteiger partial charge in [0.25, 0.3) is 0 Å². The first-order valence-corrected chi connectivity index (χ1v) is 9.45. The molecule has 0 radical (unpaired) electrons. The third-order valence-corrected chi connectivity index (χ3v) is 4.67. The molecule has 0 atom stereocenters. The molecular weight excluding hydrogens is 410 g/mol. The fraction of sp³-hybridized carbons (Fsp3) is 0.238. The zero-order valence-corrected chi connectivity index (χ0v) is 16.6. The highest BCUT2D eigenvalue weighted by molar-refractivity contribution is 9.10. The van der Waals surface area contributed by atoms with Crippen molar-refractivity contribution in [3.8, 4) is 5.75 Å². The van der Waals surface area contributed by atoms with Gasteiger partial charge in [-0.25, -0.2) is 4.79 Å². The molecule has 1 aliphatic heterocycles. The zero-order valence-electron chi connectivity index (χ0n) is 15.0. The Labute approximate surface area is 166 Å². The molecule has 140 valence electrons. The number of carbonyl (C=O) groups excluding carboxylic acids is 2. The highest BCUT2D eigenvalue weighted by Gasteiger charge is 2.21. The maximum absolute atomic E-state index is 12.7. The number of ketones is 1. The summed E-state index contributed by atoms with van der Waals surface area (Å²) in [6.07, 6.45) is 2.76. The summed E-state index contributed by atoms with van der Waals surface area (Å²) in [5, 5.41) is 0. The van der Waals surface area contributed by atoms with Crippen molar-refractivity contribution in [2.75, 3.05) is 26.3 Å². The van der Waals surface area contributed by atoms with Gasteiger partial charge in [0.15, 0.2) is 5.78 Å². The number of carbonyl (C=O) groups is 2. The molecular formula is C21H20BrNO4. The summed E-state index contributed by atoms with van der Waals surface area (Å²) in [5.74, 6) is 0.00917. The van der Waals surface area contributed by atoms with Gasteiger partial charge in [-0.05, 0) is 36.8 Å². The molecule has 2 aromatic carbocycles. The number of hydrogen-bond acceptors (Lipinski definition) is 4. The fourth-order valence-corrected chi connectivity index (χ4v) is 2.99. The van der Waals surface area contributed by atoms with Crippen LogP contribution in [0.4, 0.5) is 4.79 Å². The van der Waals surface area contributed by atoms with Gasteiger partial charge in [0.2, 0.25) is 0 Å². The first-order chi connectivity index (χ1) is 13.0. The predicted molar refractivity (Wildman–Crippen MR) is 107 cm³/mol. The minimum Gasteiger partial charge on any atom is -0.409 e. The molecule has 0 spiro atoms. The van der Waals surface area contributed by atoms with Crippen LogP contribution in [0, 0.1) is 6.92 Å². The van der Waals surface area contributed by atoms with E-state index in [1.807, 2.05) is 31.2 Å². The molecule has 1 amide bonds. The van der Waals surface area contributed by atoms with E-state index in [9.17, 15) is 9.59 Å². The summed E-state index contributed by atoms with van der Waals surface area (Å²) in [7, 11) is 0. The number of halogens is 1. The Morgan fingerprint density at radius 1 is 1.11 bits per heavy atom. The molecule has 5 nitrogen and oxygen atoms in total. The van der Waals surface area contributed by atoms with Gasteiger partial charge < -0.3 is 14.4 Å². The van der Waals surface area contributed by atoms with E-state index in [0.29, 0.717) is 31.9 Å². The van der Waals surface area contributed by atoms with Crippen LogP contribution >= 0.6 is 15.9 Å². The van der Waals surface area contributed by atoms with Crippen molar-refractivity contribution in [2.24, 2.45) is 0 Å². The minimum absolute atomic E-state index is 0.235. The summed E-state index contributed by atoms with van der Waals surface area (Å²) in [6, 6.07) is 12.9. The van der Waals surface area contributed by atoms with Gasteiger partial charge in [-0.1, -0.05) is 51.8 Å². The Kier molecular flexibility index (Phi) is 6.42. The van der Waals surface area contributed by atoms with Crippen molar-refractivity contribution in [1.29, 1.82) is 0 Å². The Hall–Kier alpha value is -2.44.